The van der Waals surface area contributed by atoms with E-state index < -0.39 is 16.0 Å². The summed E-state index contributed by atoms with van der Waals surface area (Å²) >= 11 is 0. The standard InChI is InChI=1S/C19H28N2O6S/c1-14(12-26-3)20-28(24,25)17-9-7-16(8-10-17)19(23)27-13-18(22)21-11-5-4-6-15(21)2/h7-10,14-15,20H,4-6,11-13H2,1-3H3/t14-,15-/m0/s1. The van der Waals surface area contributed by atoms with Crippen LogP contribution in [0.1, 0.15) is 43.5 Å². The number of carbonyl (C=O) groups is 2. The predicted molar refractivity (Wildman–Crippen MR) is 103 cm³/mol. The van der Waals surface area contributed by atoms with Crippen molar-refractivity contribution >= 4 is 21.9 Å². The van der Waals surface area contributed by atoms with Crippen LogP contribution in [0.15, 0.2) is 29.2 Å². The number of rotatable bonds is 8. The first-order valence-electron chi connectivity index (χ1n) is 9.32. The summed E-state index contributed by atoms with van der Waals surface area (Å²) in [6.45, 7) is 4.28. The Morgan fingerprint density at radius 3 is 2.54 bits per heavy atom. The summed E-state index contributed by atoms with van der Waals surface area (Å²) in [5.74, 6) is -0.876. The molecule has 1 N–H and O–H groups in total. The molecule has 9 heteroatoms. The van der Waals surface area contributed by atoms with Gasteiger partial charge in [-0.1, -0.05) is 0 Å². The predicted octanol–water partition coefficient (Wildman–Crippen LogP) is 1.56. The molecule has 0 bridgehead atoms. The fraction of sp³-hybridized carbons (Fsp3) is 0.579. The molecule has 8 nitrogen and oxygen atoms in total. The highest BCUT2D eigenvalue weighted by atomic mass is 32.2. The molecule has 1 heterocycles. The summed E-state index contributed by atoms with van der Waals surface area (Å²) in [7, 11) is -2.23. The van der Waals surface area contributed by atoms with E-state index in [0.717, 1.165) is 19.3 Å². The highest BCUT2D eigenvalue weighted by Gasteiger charge is 2.24. The summed E-state index contributed by atoms with van der Waals surface area (Å²) in [5, 5.41) is 0. The van der Waals surface area contributed by atoms with Crippen LogP contribution in [0, 0.1) is 0 Å². The van der Waals surface area contributed by atoms with Gasteiger partial charge >= 0.3 is 5.97 Å². The molecule has 1 aliphatic rings. The van der Waals surface area contributed by atoms with Gasteiger partial charge in [0.05, 0.1) is 17.1 Å². The molecular weight excluding hydrogens is 384 g/mol. The molecule has 0 aromatic heterocycles. The molecule has 0 aliphatic carbocycles. The first kappa shape index (κ1) is 22.3. The number of benzene rings is 1. The Kier molecular flexibility index (Phi) is 7.97. The fourth-order valence-electron chi connectivity index (χ4n) is 3.15. The molecule has 1 aliphatic heterocycles. The number of sulfonamides is 1. The Morgan fingerprint density at radius 1 is 1.25 bits per heavy atom. The van der Waals surface area contributed by atoms with Crippen LogP contribution in [-0.4, -0.2) is 64.1 Å². The first-order chi connectivity index (χ1) is 13.2. The van der Waals surface area contributed by atoms with Gasteiger partial charge in [-0.3, -0.25) is 4.79 Å². The Balaban J connectivity index is 1.93. The summed E-state index contributed by atoms with van der Waals surface area (Å²) in [4.78, 5) is 26.2. The smallest absolute Gasteiger partial charge is 0.338 e. The van der Waals surface area contributed by atoms with Crippen molar-refractivity contribution in [3.8, 4) is 0 Å². The van der Waals surface area contributed by atoms with E-state index in [-0.39, 0.29) is 41.7 Å². The van der Waals surface area contributed by atoms with Crippen LogP contribution in [0.3, 0.4) is 0 Å². The lowest BCUT2D eigenvalue weighted by Crippen LogP contribution is -2.44. The number of nitrogens with zero attached hydrogens (tertiary/aromatic N) is 1. The zero-order valence-electron chi connectivity index (χ0n) is 16.5. The lowest BCUT2D eigenvalue weighted by molar-refractivity contribution is -0.137. The van der Waals surface area contributed by atoms with Crippen molar-refractivity contribution in [2.45, 2.75) is 50.1 Å². The number of likely N-dealkylation sites (tertiary alicyclic amines) is 1. The van der Waals surface area contributed by atoms with E-state index in [1.165, 1.54) is 31.4 Å². The molecule has 156 valence electrons. The van der Waals surface area contributed by atoms with Crippen LogP contribution in [0.4, 0.5) is 0 Å². The first-order valence-corrected chi connectivity index (χ1v) is 10.8. The average molecular weight is 413 g/mol. The van der Waals surface area contributed by atoms with Crippen molar-refractivity contribution in [2.75, 3.05) is 26.9 Å². The molecule has 0 unspecified atom stereocenters. The Hall–Kier alpha value is -1.97. The summed E-state index contributed by atoms with van der Waals surface area (Å²) in [6.07, 6.45) is 3.00. The minimum absolute atomic E-state index is 0.0326. The van der Waals surface area contributed by atoms with E-state index in [1.807, 2.05) is 6.92 Å². The topological polar surface area (TPSA) is 102 Å². The Bertz CT molecular complexity index is 778. The van der Waals surface area contributed by atoms with Gasteiger partial charge in [0.15, 0.2) is 6.61 Å². The van der Waals surface area contributed by atoms with Gasteiger partial charge in [0, 0.05) is 25.7 Å². The number of nitrogens with one attached hydrogen (secondary N) is 1. The summed E-state index contributed by atoms with van der Waals surface area (Å²) in [6, 6.07) is 5.15. The van der Waals surface area contributed by atoms with Crippen LogP contribution in [-0.2, 0) is 24.3 Å². The van der Waals surface area contributed by atoms with Crippen LogP contribution in [0.5, 0.6) is 0 Å². The molecule has 2 rings (SSSR count). The van der Waals surface area contributed by atoms with Crippen LogP contribution < -0.4 is 4.72 Å². The van der Waals surface area contributed by atoms with E-state index in [4.69, 9.17) is 9.47 Å². The third-order valence-electron chi connectivity index (χ3n) is 4.62. The number of carbonyl (C=O) groups excluding carboxylic acids is 2. The zero-order valence-corrected chi connectivity index (χ0v) is 17.3. The zero-order chi connectivity index (χ0) is 20.7. The lowest BCUT2D eigenvalue weighted by Gasteiger charge is -2.33. The Labute approximate surface area is 166 Å². The normalized spacial score (nSPS) is 18.5. The van der Waals surface area contributed by atoms with Gasteiger partial charge < -0.3 is 14.4 Å². The van der Waals surface area contributed by atoms with Crippen molar-refractivity contribution in [1.29, 1.82) is 0 Å². The Morgan fingerprint density at radius 2 is 1.93 bits per heavy atom. The second-order valence-electron chi connectivity index (χ2n) is 7.01. The van der Waals surface area contributed by atoms with Gasteiger partial charge in [-0.05, 0) is 57.4 Å². The van der Waals surface area contributed by atoms with Crippen LogP contribution in [0.25, 0.3) is 0 Å². The maximum absolute atomic E-state index is 12.3. The molecule has 0 spiro atoms. The average Bonchev–Trinajstić information content (AvgIpc) is 2.66. The highest BCUT2D eigenvalue weighted by Crippen LogP contribution is 2.17. The van der Waals surface area contributed by atoms with Gasteiger partial charge in [0.2, 0.25) is 10.0 Å². The number of hydrogen-bond acceptors (Lipinski definition) is 6. The molecule has 0 radical (unpaired) electrons. The summed E-state index contributed by atoms with van der Waals surface area (Å²) in [5.41, 5.74) is 0.184. The molecule has 1 aromatic rings. The van der Waals surface area contributed by atoms with Gasteiger partial charge in [0.1, 0.15) is 0 Å². The second kappa shape index (κ2) is 9.99. The van der Waals surface area contributed by atoms with Crippen molar-refractivity contribution in [3.63, 3.8) is 0 Å². The maximum atomic E-state index is 12.3. The van der Waals surface area contributed by atoms with E-state index in [2.05, 4.69) is 4.72 Å². The number of piperidine rings is 1. The minimum Gasteiger partial charge on any atom is -0.452 e. The number of methoxy groups -OCH3 is 1. The SMILES string of the molecule is COC[C@H](C)NS(=O)(=O)c1ccc(C(=O)OCC(=O)N2CCCC[C@@H]2C)cc1. The number of hydrogen-bond donors (Lipinski definition) is 1. The second-order valence-corrected chi connectivity index (χ2v) is 8.72. The van der Waals surface area contributed by atoms with Gasteiger partial charge in [0.25, 0.3) is 5.91 Å². The van der Waals surface area contributed by atoms with Gasteiger partial charge in [-0.2, -0.15) is 0 Å². The van der Waals surface area contributed by atoms with Crippen molar-refractivity contribution in [1.82, 2.24) is 9.62 Å². The third-order valence-corrected chi connectivity index (χ3v) is 6.23. The molecule has 0 saturated carbocycles. The molecule has 1 saturated heterocycles. The number of ether oxygens (including phenoxy) is 2. The summed E-state index contributed by atoms with van der Waals surface area (Å²) < 4.78 is 37.1. The van der Waals surface area contributed by atoms with Crippen molar-refractivity contribution in [2.24, 2.45) is 0 Å². The maximum Gasteiger partial charge on any atom is 0.338 e. The van der Waals surface area contributed by atoms with Crippen molar-refractivity contribution < 1.29 is 27.5 Å². The monoisotopic (exact) mass is 412 g/mol. The van der Waals surface area contributed by atoms with E-state index in [1.54, 1.807) is 11.8 Å². The van der Waals surface area contributed by atoms with E-state index >= 15 is 0 Å². The molecule has 2 atom stereocenters. The number of amides is 1. The van der Waals surface area contributed by atoms with Gasteiger partial charge in [-0.15, -0.1) is 0 Å². The van der Waals surface area contributed by atoms with Gasteiger partial charge in [-0.25, -0.2) is 17.9 Å². The minimum atomic E-state index is -3.71. The lowest BCUT2D eigenvalue weighted by atomic mass is 10.0. The molecule has 1 aromatic carbocycles. The molecular formula is C19H28N2O6S. The fourth-order valence-corrected chi connectivity index (χ4v) is 4.38. The van der Waals surface area contributed by atoms with Crippen LogP contribution >= 0.6 is 0 Å². The number of esters is 1. The molecule has 1 amide bonds. The molecule has 1 fully saturated rings. The van der Waals surface area contributed by atoms with E-state index in [9.17, 15) is 18.0 Å². The third kappa shape index (κ3) is 6.02. The quantitative estimate of drug-likeness (QED) is 0.650. The van der Waals surface area contributed by atoms with E-state index in [0.29, 0.717) is 6.54 Å². The molecule has 28 heavy (non-hydrogen) atoms. The highest BCUT2D eigenvalue weighted by molar-refractivity contribution is 7.89. The largest absolute Gasteiger partial charge is 0.452 e. The van der Waals surface area contributed by atoms with Crippen LogP contribution in [0.2, 0.25) is 0 Å². The van der Waals surface area contributed by atoms with Crippen molar-refractivity contribution in [3.05, 3.63) is 29.8 Å².